The Balaban J connectivity index is 1.31. The lowest BCUT2D eigenvalue weighted by molar-refractivity contribution is 0.161. The van der Waals surface area contributed by atoms with Gasteiger partial charge in [0.2, 0.25) is 0 Å². The zero-order valence-electron chi connectivity index (χ0n) is 15.4. The zero-order valence-corrected chi connectivity index (χ0v) is 15.4. The van der Waals surface area contributed by atoms with E-state index in [0.717, 1.165) is 43.4 Å². The molecule has 25 heavy (non-hydrogen) atoms. The van der Waals surface area contributed by atoms with Crippen LogP contribution in [-0.4, -0.2) is 47.1 Å². The van der Waals surface area contributed by atoms with Crippen LogP contribution in [0.4, 0.5) is 10.6 Å². The van der Waals surface area contributed by atoms with Crippen LogP contribution in [0.15, 0.2) is 18.2 Å². The maximum Gasteiger partial charge on any atom is 0.318 e. The molecular formula is C20H30N4O. The van der Waals surface area contributed by atoms with Crippen molar-refractivity contribution in [1.29, 1.82) is 0 Å². The van der Waals surface area contributed by atoms with E-state index in [1.54, 1.807) is 0 Å². The second kappa shape index (κ2) is 6.85. The lowest BCUT2D eigenvalue weighted by atomic mass is 10.0. The van der Waals surface area contributed by atoms with E-state index in [1.165, 1.54) is 25.7 Å². The van der Waals surface area contributed by atoms with Crippen LogP contribution in [-0.2, 0) is 0 Å². The molecule has 1 atom stereocenters. The Morgan fingerprint density at radius 2 is 1.92 bits per heavy atom. The number of nitrogens with one attached hydrogen (secondary N) is 1. The van der Waals surface area contributed by atoms with Crippen molar-refractivity contribution in [2.45, 2.75) is 70.5 Å². The molecule has 0 aromatic carbocycles. The monoisotopic (exact) mass is 342 g/mol. The molecule has 1 aromatic heterocycles. The van der Waals surface area contributed by atoms with Gasteiger partial charge in [-0.3, -0.25) is 0 Å². The van der Waals surface area contributed by atoms with Gasteiger partial charge in [0, 0.05) is 36.9 Å². The molecule has 0 radical (unpaired) electrons. The van der Waals surface area contributed by atoms with E-state index in [0.29, 0.717) is 18.1 Å². The molecule has 2 aliphatic carbocycles. The van der Waals surface area contributed by atoms with Gasteiger partial charge < -0.3 is 15.1 Å². The number of hydrogen-bond donors (Lipinski definition) is 1. The van der Waals surface area contributed by atoms with Crippen molar-refractivity contribution in [3.05, 3.63) is 23.9 Å². The number of piperidine rings is 1. The fourth-order valence-electron chi connectivity index (χ4n) is 4.05. The van der Waals surface area contributed by atoms with Crippen LogP contribution in [0.3, 0.4) is 0 Å². The molecule has 1 N–H and O–H groups in total. The first-order valence-electron chi connectivity index (χ1n) is 9.89. The maximum absolute atomic E-state index is 12.9. The summed E-state index contributed by atoms with van der Waals surface area (Å²) < 4.78 is 0. The minimum Gasteiger partial charge on any atom is -0.356 e. The number of rotatable bonds is 5. The predicted octanol–water partition coefficient (Wildman–Crippen LogP) is 3.33. The van der Waals surface area contributed by atoms with Crippen molar-refractivity contribution in [3.63, 3.8) is 0 Å². The number of aromatic nitrogens is 1. The summed E-state index contributed by atoms with van der Waals surface area (Å²) in [5.74, 6) is 1.80. The Hall–Kier alpha value is -1.78. The Kier molecular flexibility index (Phi) is 4.57. The van der Waals surface area contributed by atoms with Crippen LogP contribution in [0.25, 0.3) is 0 Å². The van der Waals surface area contributed by atoms with Crippen molar-refractivity contribution in [2.24, 2.45) is 5.92 Å². The summed E-state index contributed by atoms with van der Waals surface area (Å²) in [5, 5.41) is 3.33. The normalized spacial score (nSPS) is 22.6. The average Bonchev–Trinajstić information content (AvgIpc) is 3.48. The van der Waals surface area contributed by atoms with E-state index in [-0.39, 0.29) is 6.03 Å². The molecule has 5 nitrogen and oxygen atoms in total. The first kappa shape index (κ1) is 16.7. The van der Waals surface area contributed by atoms with E-state index in [9.17, 15) is 4.79 Å². The standard InChI is InChI=1S/C20H30N4O/c1-14-4-3-5-19(21-14)23-12-10-17(11-13-23)22-20(25)24(18-8-9-18)15(2)16-6-7-16/h3-5,15-18H,6-13H2,1-2H3,(H,22,25). The number of carbonyl (C=O) groups is 1. The third kappa shape index (κ3) is 3.91. The van der Waals surface area contributed by atoms with Gasteiger partial charge in [-0.05, 0) is 70.4 Å². The number of pyridine rings is 1. The lowest BCUT2D eigenvalue weighted by Crippen LogP contribution is -2.52. The molecule has 0 spiro atoms. The Morgan fingerprint density at radius 3 is 2.52 bits per heavy atom. The second-order valence-electron chi connectivity index (χ2n) is 8.06. The number of aryl methyl sites for hydroxylation is 1. The van der Waals surface area contributed by atoms with Crippen molar-refractivity contribution >= 4 is 11.8 Å². The third-order valence-electron chi connectivity index (χ3n) is 5.94. The van der Waals surface area contributed by atoms with Gasteiger partial charge in [-0.1, -0.05) is 6.07 Å². The molecule has 1 unspecified atom stereocenters. The van der Waals surface area contributed by atoms with E-state index < -0.39 is 0 Å². The SMILES string of the molecule is Cc1cccc(N2CCC(NC(=O)N(C3CC3)C(C)C3CC3)CC2)n1. The van der Waals surface area contributed by atoms with Crippen LogP contribution in [0, 0.1) is 12.8 Å². The largest absolute Gasteiger partial charge is 0.356 e. The average molecular weight is 342 g/mol. The molecule has 2 heterocycles. The summed E-state index contributed by atoms with van der Waals surface area (Å²) >= 11 is 0. The quantitative estimate of drug-likeness (QED) is 0.893. The third-order valence-corrected chi connectivity index (χ3v) is 5.94. The molecule has 4 rings (SSSR count). The van der Waals surface area contributed by atoms with Crippen molar-refractivity contribution in [3.8, 4) is 0 Å². The van der Waals surface area contributed by atoms with Gasteiger partial charge in [-0.15, -0.1) is 0 Å². The molecule has 5 heteroatoms. The number of urea groups is 1. The molecule has 2 amide bonds. The van der Waals surface area contributed by atoms with Gasteiger partial charge in [-0.25, -0.2) is 9.78 Å². The smallest absolute Gasteiger partial charge is 0.318 e. The highest BCUT2D eigenvalue weighted by atomic mass is 16.2. The van der Waals surface area contributed by atoms with Crippen LogP contribution >= 0.6 is 0 Å². The highest BCUT2D eigenvalue weighted by molar-refractivity contribution is 5.75. The minimum atomic E-state index is 0.175. The first-order valence-corrected chi connectivity index (χ1v) is 9.89. The van der Waals surface area contributed by atoms with Gasteiger partial charge in [0.15, 0.2) is 0 Å². The maximum atomic E-state index is 12.9. The van der Waals surface area contributed by atoms with Crippen LogP contribution in [0.5, 0.6) is 0 Å². The van der Waals surface area contributed by atoms with Crippen molar-refractivity contribution in [1.82, 2.24) is 15.2 Å². The molecule has 1 saturated heterocycles. The van der Waals surface area contributed by atoms with E-state index in [4.69, 9.17) is 0 Å². The van der Waals surface area contributed by atoms with Gasteiger partial charge in [0.05, 0.1) is 0 Å². The second-order valence-corrected chi connectivity index (χ2v) is 8.06. The first-order chi connectivity index (χ1) is 12.1. The fourth-order valence-corrected chi connectivity index (χ4v) is 4.05. The fraction of sp³-hybridized carbons (Fsp3) is 0.700. The molecule has 1 aromatic rings. The van der Waals surface area contributed by atoms with Gasteiger partial charge in [-0.2, -0.15) is 0 Å². The summed E-state index contributed by atoms with van der Waals surface area (Å²) in [6.45, 7) is 6.19. The topological polar surface area (TPSA) is 48.5 Å². The summed E-state index contributed by atoms with van der Waals surface area (Å²) in [7, 11) is 0. The lowest BCUT2D eigenvalue weighted by Gasteiger charge is -2.36. The van der Waals surface area contributed by atoms with Crippen LogP contribution < -0.4 is 10.2 Å². The van der Waals surface area contributed by atoms with E-state index >= 15 is 0 Å². The van der Waals surface area contributed by atoms with Gasteiger partial charge >= 0.3 is 6.03 Å². The molecule has 3 aliphatic rings. The van der Waals surface area contributed by atoms with Gasteiger partial charge in [0.25, 0.3) is 0 Å². The Morgan fingerprint density at radius 1 is 1.20 bits per heavy atom. The zero-order chi connectivity index (χ0) is 17.4. The Bertz CT molecular complexity index is 618. The molecule has 0 bridgehead atoms. The number of hydrogen-bond acceptors (Lipinski definition) is 3. The molecular weight excluding hydrogens is 312 g/mol. The summed E-state index contributed by atoms with van der Waals surface area (Å²) in [6.07, 6.45) is 6.94. The highest BCUT2D eigenvalue weighted by Gasteiger charge is 2.42. The predicted molar refractivity (Wildman–Crippen MR) is 99.8 cm³/mol. The van der Waals surface area contributed by atoms with Gasteiger partial charge in [0.1, 0.15) is 5.82 Å². The number of amides is 2. The molecule has 3 fully saturated rings. The highest BCUT2D eigenvalue weighted by Crippen LogP contribution is 2.39. The number of anilines is 1. The molecule has 1 aliphatic heterocycles. The molecule has 136 valence electrons. The summed E-state index contributed by atoms with van der Waals surface area (Å²) in [4.78, 5) is 22.0. The Labute approximate surface area is 150 Å². The van der Waals surface area contributed by atoms with E-state index in [1.807, 2.05) is 13.0 Å². The van der Waals surface area contributed by atoms with Crippen molar-refractivity contribution < 1.29 is 4.79 Å². The number of carbonyl (C=O) groups excluding carboxylic acids is 1. The van der Waals surface area contributed by atoms with Crippen LogP contribution in [0.2, 0.25) is 0 Å². The van der Waals surface area contributed by atoms with Crippen molar-refractivity contribution in [2.75, 3.05) is 18.0 Å². The van der Waals surface area contributed by atoms with Crippen LogP contribution in [0.1, 0.15) is 51.1 Å². The minimum absolute atomic E-state index is 0.175. The number of nitrogens with zero attached hydrogens (tertiary/aromatic N) is 3. The summed E-state index contributed by atoms with van der Waals surface area (Å²) in [6, 6.07) is 7.55. The van der Waals surface area contributed by atoms with E-state index in [2.05, 4.69) is 39.2 Å². The summed E-state index contributed by atoms with van der Waals surface area (Å²) in [5.41, 5.74) is 1.06. The molecule has 2 saturated carbocycles.